The molecule has 3 nitrogen and oxygen atoms in total. The third-order valence-electron chi connectivity index (χ3n) is 2.38. The third kappa shape index (κ3) is 3.17. The van der Waals surface area contributed by atoms with Gasteiger partial charge in [-0.2, -0.15) is 0 Å². The Balaban J connectivity index is 2.18. The minimum atomic E-state index is 0.487. The summed E-state index contributed by atoms with van der Waals surface area (Å²) < 4.78 is 6.68. The monoisotopic (exact) mass is 250 g/mol. The van der Waals surface area contributed by atoms with Crippen LogP contribution >= 0.6 is 11.3 Å². The highest BCUT2D eigenvalue weighted by atomic mass is 32.1. The molecule has 0 fully saturated rings. The van der Waals surface area contributed by atoms with Crippen LogP contribution in [-0.2, 0) is 6.54 Å². The minimum Gasteiger partial charge on any atom is -0.494 e. The number of hydrogen-bond acceptors (Lipinski definition) is 4. The Hall–Kier alpha value is -1.13. The topological polar surface area (TPSA) is 34.1 Å². The van der Waals surface area contributed by atoms with Crippen LogP contribution in [0.4, 0.5) is 0 Å². The zero-order valence-corrected chi connectivity index (χ0v) is 11.3. The van der Waals surface area contributed by atoms with Crippen molar-refractivity contribution in [2.45, 2.75) is 33.4 Å². The van der Waals surface area contributed by atoms with Gasteiger partial charge in [0.1, 0.15) is 10.8 Å². The van der Waals surface area contributed by atoms with E-state index in [9.17, 15) is 0 Å². The van der Waals surface area contributed by atoms with Gasteiger partial charge in [0.15, 0.2) is 0 Å². The maximum atomic E-state index is 5.48. The van der Waals surface area contributed by atoms with Crippen LogP contribution in [-0.4, -0.2) is 17.6 Å². The van der Waals surface area contributed by atoms with Gasteiger partial charge in [-0.05, 0) is 25.1 Å². The Labute approximate surface area is 106 Å². The van der Waals surface area contributed by atoms with E-state index >= 15 is 0 Å². The van der Waals surface area contributed by atoms with Crippen molar-refractivity contribution in [3.05, 3.63) is 23.2 Å². The van der Waals surface area contributed by atoms with Crippen LogP contribution in [0.15, 0.2) is 18.2 Å². The molecule has 2 rings (SSSR count). The Kier molecular flexibility index (Phi) is 3.97. The zero-order chi connectivity index (χ0) is 12.3. The van der Waals surface area contributed by atoms with E-state index < -0.39 is 0 Å². The van der Waals surface area contributed by atoms with E-state index in [1.54, 1.807) is 11.3 Å². The van der Waals surface area contributed by atoms with Gasteiger partial charge in [-0.1, -0.05) is 13.8 Å². The summed E-state index contributed by atoms with van der Waals surface area (Å²) in [6.45, 7) is 7.81. The number of fused-ring (bicyclic) bond motifs is 1. The summed E-state index contributed by atoms with van der Waals surface area (Å²) in [6, 6.07) is 6.55. The summed E-state index contributed by atoms with van der Waals surface area (Å²) in [4.78, 5) is 4.59. The highest BCUT2D eigenvalue weighted by Gasteiger charge is 2.05. The molecule has 0 spiro atoms. The fourth-order valence-electron chi connectivity index (χ4n) is 1.58. The maximum absolute atomic E-state index is 5.48. The van der Waals surface area contributed by atoms with Crippen molar-refractivity contribution in [3.8, 4) is 5.75 Å². The van der Waals surface area contributed by atoms with E-state index in [4.69, 9.17) is 4.74 Å². The molecule has 4 heteroatoms. The van der Waals surface area contributed by atoms with Crippen molar-refractivity contribution in [3.63, 3.8) is 0 Å². The molecule has 1 heterocycles. The molecule has 0 atom stereocenters. The molecule has 0 aliphatic heterocycles. The van der Waals surface area contributed by atoms with E-state index in [1.807, 2.05) is 19.1 Å². The second-order valence-electron chi connectivity index (χ2n) is 4.21. The lowest BCUT2D eigenvalue weighted by Crippen LogP contribution is -2.21. The van der Waals surface area contributed by atoms with E-state index in [0.29, 0.717) is 12.6 Å². The van der Waals surface area contributed by atoms with Crippen LogP contribution in [0.2, 0.25) is 0 Å². The smallest absolute Gasteiger partial charge is 0.120 e. The molecule has 1 N–H and O–H groups in total. The Bertz CT molecular complexity index is 493. The molecule has 0 saturated carbocycles. The molecule has 2 aromatic rings. The largest absolute Gasteiger partial charge is 0.494 e. The van der Waals surface area contributed by atoms with Gasteiger partial charge in [-0.25, -0.2) is 4.98 Å². The van der Waals surface area contributed by atoms with Crippen LogP contribution in [0.25, 0.3) is 10.2 Å². The Morgan fingerprint density at radius 2 is 2.24 bits per heavy atom. The first-order valence-electron chi connectivity index (χ1n) is 5.94. The quantitative estimate of drug-likeness (QED) is 0.885. The molecular weight excluding hydrogens is 232 g/mol. The van der Waals surface area contributed by atoms with E-state index in [2.05, 4.69) is 30.2 Å². The van der Waals surface area contributed by atoms with Crippen molar-refractivity contribution in [2.24, 2.45) is 0 Å². The lowest BCUT2D eigenvalue weighted by molar-refractivity contribution is 0.341. The predicted molar refractivity (Wildman–Crippen MR) is 72.8 cm³/mol. The lowest BCUT2D eigenvalue weighted by atomic mass is 10.3. The molecule has 92 valence electrons. The van der Waals surface area contributed by atoms with Crippen molar-refractivity contribution in [1.82, 2.24) is 10.3 Å². The van der Waals surface area contributed by atoms with Crippen molar-refractivity contribution in [1.29, 1.82) is 0 Å². The fraction of sp³-hybridized carbons (Fsp3) is 0.462. The number of nitrogens with zero attached hydrogens (tertiary/aromatic N) is 1. The second-order valence-corrected chi connectivity index (χ2v) is 5.32. The molecule has 0 aliphatic rings. The third-order valence-corrected chi connectivity index (χ3v) is 3.39. The maximum Gasteiger partial charge on any atom is 0.120 e. The lowest BCUT2D eigenvalue weighted by Gasteiger charge is -2.04. The van der Waals surface area contributed by atoms with E-state index in [1.165, 1.54) is 4.70 Å². The van der Waals surface area contributed by atoms with Gasteiger partial charge in [-0.15, -0.1) is 11.3 Å². The number of nitrogens with one attached hydrogen (secondary N) is 1. The van der Waals surface area contributed by atoms with Gasteiger partial charge in [0.2, 0.25) is 0 Å². The SMILES string of the molecule is CCOc1ccc2nc(CNC(C)C)sc2c1. The number of rotatable bonds is 5. The molecule has 0 amide bonds. The highest BCUT2D eigenvalue weighted by molar-refractivity contribution is 7.18. The summed E-state index contributed by atoms with van der Waals surface area (Å²) >= 11 is 1.73. The van der Waals surface area contributed by atoms with Gasteiger partial charge in [0.05, 0.1) is 16.8 Å². The number of thiazole rings is 1. The Morgan fingerprint density at radius 3 is 2.94 bits per heavy atom. The first-order valence-corrected chi connectivity index (χ1v) is 6.76. The van der Waals surface area contributed by atoms with E-state index in [-0.39, 0.29) is 0 Å². The van der Waals surface area contributed by atoms with E-state index in [0.717, 1.165) is 22.8 Å². The van der Waals surface area contributed by atoms with Crippen LogP contribution < -0.4 is 10.1 Å². The van der Waals surface area contributed by atoms with Gasteiger partial charge >= 0.3 is 0 Å². The van der Waals surface area contributed by atoms with Crippen molar-refractivity contribution < 1.29 is 4.74 Å². The number of hydrogen-bond donors (Lipinski definition) is 1. The summed E-state index contributed by atoms with van der Waals surface area (Å²) in [5.74, 6) is 0.923. The van der Waals surface area contributed by atoms with Crippen LogP contribution in [0, 0.1) is 0 Å². The number of aromatic nitrogens is 1. The molecule has 0 bridgehead atoms. The van der Waals surface area contributed by atoms with Crippen LogP contribution in [0.1, 0.15) is 25.8 Å². The summed E-state index contributed by atoms with van der Waals surface area (Å²) in [7, 11) is 0. The van der Waals surface area contributed by atoms with Crippen LogP contribution in [0.5, 0.6) is 5.75 Å². The molecule has 1 aromatic heterocycles. The molecule has 17 heavy (non-hydrogen) atoms. The average molecular weight is 250 g/mol. The van der Waals surface area contributed by atoms with Gasteiger partial charge in [0.25, 0.3) is 0 Å². The van der Waals surface area contributed by atoms with Crippen molar-refractivity contribution in [2.75, 3.05) is 6.61 Å². The second kappa shape index (κ2) is 5.47. The first kappa shape index (κ1) is 12.3. The summed E-state index contributed by atoms with van der Waals surface area (Å²) in [6.07, 6.45) is 0. The predicted octanol–water partition coefficient (Wildman–Crippen LogP) is 3.19. The summed E-state index contributed by atoms with van der Waals surface area (Å²) in [5, 5.41) is 4.51. The number of ether oxygens (including phenoxy) is 1. The van der Waals surface area contributed by atoms with Gasteiger partial charge < -0.3 is 10.1 Å². The molecule has 0 aliphatic carbocycles. The number of benzene rings is 1. The molecule has 1 aromatic carbocycles. The molecule has 0 saturated heterocycles. The highest BCUT2D eigenvalue weighted by Crippen LogP contribution is 2.26. The Morgan fingerprint density at radius 1 is 1.41 bits per heavy atom. The average Bonchev–Trinajstić information content (AvgIpc) is 2.69. The molecule has 0 unspecified atom stereocenters. The first-order chi connectivity index (χ1) is 8.19. The standard InChI is InChI=1S/C13H18N2OS/c1-4-16-10-5-6-11-12(7-10)17-13(15-11)8-14-9(2)3/h5-7,9,14H,4,8H2,1-3H3. The van der Waals surface area contributed by atoms with Gasteiger partial charge in [0, 0.05) is 12.6 Å². The zero-order valence-electron chi connectivity index (χ0n) is 10.5. The summed E-state index contributed by atoms with van der Waals surface area (Å²) in [5.41, 5.74) is 1.05. The fourth-order valence-corrected chi connectivity index (χ4v) is 2.52. The van der Waals surface area contributed by atoms with Gasteiger partial charge in [-0.3, -0.25) is 0 Å². The van der Waals surface area contributed by atoms with Crippen LogP contribution in [0.3, 0.4) is 0 Å². The molecule has 0 radical (unpaired) electrons. The minimum absolute atomic E-state index is 0.487. The normalized spacial score (nSPS) is 11.3. The molecular formula is C13H18N2OS. The van der Waals surface area contributed by atoms with Crippen molar-refractivity contribution >= 4 is 21.6 Å².